The van der Waals surface area contributed by atoms with E-state index in [2.05, 4.69) is 21.2 Å². The average Bonchev–Trinajstić information content (AvgIpc) is 2.90. The summed E-state index contributed by atoms with van der Waals surface area (Å²) in [6.07, 6.45) is 0.244. The number of halogens is 1. The number of hydrogen-bond acceptors (Lipinski definition) is 2. The van der Waals surface area contributed by atoms with Gasteiger partial charge < -0.3 is 10.2 Å². The molecule has 1 aliphatic heterocycles. The molecule has 23 heavy (non-hydrogen) atoms. The Labute approximate surface area is 143 Å². The molecule has 0 aromatic heterocycles. The van der Waals surface area contributed by atoms with Gasteiger partial charge in [0.1, 0.15) is 0 Å². The Balaban J connectivity index is 1.69. The van der Waals surface area contributed by atoms with Gasteiger partial charge in [-0.05, 0) is 48.9 Å². The van der Waals surface area contributed by atoms with Crippen LogP contribution in [0.5, 0.6) is 0 Å². The SMILES string of the molecule is Cc1cccc(NC(=O)[C@@H]2CC(=O)N(c3ccc(Br)cc3)C2)c1. The number of benzene rings is 2. The van der Waals surface area contributed by atoms with Crippen molar-refractivity contribution in [2.75, 3.05) is 16.8 Å². The Bertz CT molecular complexity index is 743. The fourth-order valence-electron chi connectivity index (χ4n) is 2.72. The molecule has 0 radical (unpaired) electrons. The summed E-state index contributed by atoms with van der Waals surface area (Å²) in [5, 5.41) is 2.90. The minimum atomic E-state index is -0.327. The van der Waals surface area contributed by atoms with Crippen LogP contribution in [0.2, 0.25) is 0 Å². The number of carbonyl (C=O) groups is 2. The Morgan fingerprint density at radius 3 is 2.65 bits per heavy atom. The van der Waals surface area contributed by atoms with E-state index in [4.69, 9.17) is 0 Å². The molecular formula is C18H17BrN2O2. The van der Waals surface area contributed by atoms with Crippen molar-refractivity contribution in [3.8, 4) is 0 Å². The third kappa shape index (κ3) is 3.62. The Morgan fingerprint density at radius 1 is 1.22 bits per heavy atom. The summed E-state index contributed by atoms with van der Waals surface area (Å²) >= 11 is 3.38. The van der Waals surface area contributed by atoms with Crippen LogP contribution in [0.25, 0.3) is 0 Å². The van der Waals surface area contributed by atoms with Crippen molar-refractivity contribution in [1.29, 1.82) is 0 Å². The normalized spacial score (nSPS) is 17.4. The van der Waals surface area contributed by atoms with Gasteiger partial charge in [-0.3, -0.25) is 9.59 Å². The van der Waals surface area contributed by atoms with E-state index in [-0.39, 0.29) is 24.2 Å². The van der Waals surface area contributed by atoms with Gasteiger partial charge in [0.15, 0.2) is 0 Å². The highest BCUT2D eigenvalue weighted by Gasteiger charge is 2.35. The average molecular weight is 373 g/mol. The van der Waals surface area contributed by atoms with Gasteiger partial charge in [-0.15, -0.1) is 0 Å². The van der Waals surface area contributed by atoms with Crippen LogP contribution in [0.4, 0.5) is 11.4 Å². The summed E-state index contributed by atoms with van der Waals surface area (Å²) < 4.78 is 0.960. The summed E-state index contributed by atoms with van der Waals surface area (Å²) in [6, 6.07) is 15.2. The molecule has 4 nitrogen and oxygen atoms in total. The number of hydrogen-bond donors (Lipinski definition) is 1. The van der Waals surface area contributed by atoms with E-state index < -0.39 is 0 Å². The lowest BCUT2D eigenvalue weighted by Gasteiger charge is -2.17. The first kappa shape index (κ1) is 15.7. The number of amides is 2. The maximum atomic E-state index is 12.4. The highest BCUT2D eigenvalue weighted by atomic mass is 79.9. The second-order valence-electron chi connectivity index (χ2n) is 5.74. The molecule has 3 rings (SSSR count). The van der Waals surface area contributed by atoms with E-state index in [9.17, 15) is 9.59 Å². The third-order valence-corrected chi connectivity index (χ3v) is 4.45. The molecule has 1 fully saturated rings. The molecule has 5 heteroatoms. The molecule has 1 heterocycles. The van der Waals surface area contributed by atoms with Crippen LogP contribution >= 0.6 is 15.9 Å². The molecule has 1 atom stereocenters. The van der Waals surface area contributed by atoms with Gasteiger partial charge in [0.25, 0.3) is 0 Å². The lowest BCUT2D eigenvalue weighted by Crippen LogP contribution is -2.28. The van der Waals surface area contributed by atoms with Crippen molar-refractivity contribution in [2.45, 2.75) is 13.3 Å². The fourth-order valence-corrected chi connectivity index (χ4v) is 2.99. The summed E-state index contributed by atoms with van der Waals surface area (Å²) in [7, 11) is 0. The lowest BCUT2D eigenvalue weighted by atomic mass is 10.1. The highest BCUT2D eigenvalue weighted by Crippen LogP contribution is 2.27. The standard InChI is InChI=1S/C18H17BrN2O2/c1-12-3-2-4-15(9-12)20-18(23)13-10-17(22)21(11-13)16-7-5-14(19)6-8-16/h2-9,13H,10-11H2,1H3,(H,20,23)/t13-/m1/s1. The van der Waals surface area contributed by atoms with Crippen molar-refractivity contribution in [1.82, 2.24) is 0 Å². The van der Waals surface area contributed by atoms with Crippen LogP contribution in [0.3, 0.4) is 0 Å². The van der Waals surface area contributed by atoms with Crippen LogP contribution in [0.1, 0.15) is 12.0 Å². The molecule has 1 N–H and O–H groups in total. The maximum Gasteiger partial charge on any atom is 0.229 e. The molecule has 2 aromatic rings. The Kier molecular flexibility index (Phi) is 4.48. The quantitative estimate of drug-likeness (QED) is 0.891. The van der Waals surface area contributed by atoms with Gasteiger partial charge in [0, 0.05) is 28.8 Å². The first-order valence-electron chi connectivity index (χ1n) is 7.46. The van der Waals surface area contributed by atoms with Crippen LogP contribution in [0, 0.1) is 12.8 Å². The number of nitrogens with one attached hydrogen (secondary N) is 1. The molecule has 0 saturated carbocycles. The van der Waals surface area contributed by atoms with Gasteiger partial charge in [-0.1, -0.05) is 28.1 Å². The van der Waals surface area contributed by atoms with Crippen molar-refractivity contribution in [3.05, 3.63) is 58.6 Å². The zero-order valence-corrected chi connectivity index (χ0v) is 14.3. The van der Waals surface area contributed by atoms with Crippen LogP contribution < -0.4 is 10.2 Å². The number of nitrogens with zero attached hydrogens (tertiary/aromatic N) is 1. The van der Waals surface area contributed by atoms with Gasteiger partial charge in [0.2, 0.25) is 11.8 Å². The number of anilines is 2. The number of aryl methyl sites for hydroxylation is 1. The molecule has 1 saturated heterocycles. The van der Waals surface area contributed by atoms with Crippen LogP contribution in [-0.2, 0) is 9.59 Å². The predicted molar refractivity (Wildman–Crippen MR) is 94.4 cm³/mol. The van der Waals surface area contributed by atoms with E-state index >= 15 is 0 Å². The summed E-state index contributed by atoms with van der Waals surface area (Å²) in [6.45, 7) is 2.39. The largest absolute Gasteiger partial charge is 0.326 e. The molecule has 0 aliphatic carbocycles. The molecule has 0 bridgehead atoms. The molecule has 1 aliphatic rings. The molecule has 2 amide bonds. The van der Waals surface area contributed by atoms with Gasteiger partial charge in [-0.25, -0.2) is 0 Å². The summed E-state index contributed by atoms with van der Waals surface area (Å²) in [5.74, 6) is -0.452. The maximum absolute atomic E-state index is 12.4. The second-order valence-corrected chi connectivity index (χ2v) is 6.66. The summed E-state index contributed by atoms with van der Waals surface area (Å²) in [5.41, 5.74) is 2.68. The molecule has 0 unspecified atom stereocenters. The van der Waals surface area contributed by atoms with Crippen molar-refractivity contribution < 1.29 is 9.59 Å². The molecular weight excluding hydrogens is 356 g/mol. The molecule has 118 valence electrons. The molecule has 0 spiro atoms. The minimum Gasteiger partial charge on any atom is -0.326 e. The Morgan fingerprint density at radius 2 is 1.96 bits per heavy atom. The predicted octanol–water partition coefficient (Wildman–Crippen LogP) is 3.75. The zero-order valence-electron chi connectivity index (χ0n) is 12.8. The third-order valence-electron chi connectivity index (χ3n) is 3.92. The number of carbonyl (C=O) groups excluding carboxylic acids is 2. The van der Waals surface area contributed by atoms with Gasteiger partial charge in [-0.2, -0.15) is 0 Å². The Hall–Kier alpha value is -2.14. The first-order valence-corrected chi connectivity index (χ1v) is 8.26. The van der Waals surface area contributed by atoms with Crippen molar-refractivity contribution >= 4 is 39.1 Å². The topological polar surface area (TPSA) is 49.4 Å². The smallest absolute Gasteiger partial charge is 0.229 e. The van der Waals surface area contributed by atoms with E-state index in [1.165, 1.54) is 0 Å². The first-order chi connectivity index (χ1) is 11.0. The van der Waals surface area contributed by atoms with E-state index in [0.717, 1.165) is 21.4 Å². The second kappa shape index (κ2) is 6.54. The monoisotopic (exact) mass is 372 g/mol. The highest BCUT2D eigenvalue weighted by molar-refractivity contribution is 9.10. The fraction of sp³-hybridized carbons (Fsp3) is 0.222. The van der Waals surface area contributed by atoms with E-state index in [0.29, 0.717) is 6.54 Å². The van der Waals surface area contributed by atoms with Crippen molar-refractivity contribution in [2.24, 2.45) is 5.92 Å². The van der Waals surface area contributed by atoms with E-state index in [1.807, 2.05) is 55.5 Å². The van der Waals surface area contributed by atoms with E-state index in [1.54, 1.807) is 4.90 Å². The van der Waals surface area contributed by atoms with Crippen molar-refractivity contribution in [3.63, 3.8) is 0 Å². The minimum absolute atomic E-state index is 0.0169. The van der Waals surface area contributed by atoms with Gasteiger partial charge in [0.05, 0.1) is 5.92 Å². The summed E-state index contributed by atoms with van der Waals surface area (Å²) in [4.78, 5) is 26.3. The van der Waals surface area contributed by atoms with Crippen LogP contribution in [-0.4, -0.2) is 18.4 Å². The lowest BCUT2D eigenvalue weighted by molar-refractivity contribution is -0.122. The van der Waals surface area contributed by atoms with Gasteiger partial charge >= 0.3 is 0 Å². The molecule has 2 aromatic carbocycles. The van der Waals surface area contributed by atoms with Crippen LogP contribution in [0.15, 0.2) is 53.0 Å². The zero-order chi connectivity index (χ0) is 16.4. The number of rotatable bonds is 3.